The molecule has 3 heterocycles. The molecule has 0 unspecified atom stereocenters. The number of anilines is 4. The SMILES string of the molecule is CCCNc1nc(NCCC)nc(N2CCN(c3c(F)cc4c(=O)c(C(=O)O)cn(Cc5ccc(C(F)(F)F)cc5)c4c3F)CC2)n1. The van der Waals surface area contributed by atoms with Crippen LogP contribution in [0.15, 0.2) is 41.3 Å². The summed E-state index contributed by atoms with van der Waals surface area (Å²) in [6.07, 6.45) is -1.94. The van der Waals surface area contributed by atoms with E-state index in [4.69, 9.17) is 0 Å². The van der Waals surface area contributed by atoms with Crippen molar-refractivity contribution in [3.05, 3.63) is 75.1 Å². The molecule has 1 aliphatic rings. The maximum atomic E-state index is 16.4. The van der Waals surface area contributed by atoms with E-state index < -0.39 is 51.4 Å². The van der Waals surface area contributed by atoms with Crippen LogP contribution in [0.5, 0.6) is 0 Å². The van der Waals surface area contributed by atoms with E-state index in [9.17, 15) is 27.9 Å². The van der Waals surface area contributed by atoms with E-state index in [1.807, 2.05) is 18.7 Å². The monoisotopic (exact) mass is 660 g/mol. The quantitative estimate of drug-likeness (QED) is 0.185. The van der Waals surface area contributed by atoms with E-state index in [1.54, 1.807) is 0 Å². The number of carbonyl (C=O) groups is 1. The number of halogens is 5. The standard InChI is InChI=1S/C31H33F5N8O3/c1-3-9-37-28-39-29(38-10-4-2)41-30(40-28)43-13-11-42(12-14-43)25-22(32)15-20-24(23(25)33)44(17-21(26(20)45)27(46)47)16-18-5-7-19(8-6-18)31(34,35)36/h5-8,15,17H,3-4,9-14,16H2,1-2H3,(H,46,47)(H2,37,38,39,40,41). The van der Waals surface area contributed by atoms with Crippen LogP contribution in [0.3, 0.4) is 0 Å². The van der Waals surface area contributed by atoms with Crippen LogP contribution in [0, 0.1) is 11.6 Å². The summed E-state index contributed by atoms with van der Waals surface area (Å²) in [5.41, 5.74) is -3.22. The Balaban J connectivity index is 1.48. The molecule has 11 nitrogen and oxygen atoms in total. The molecule has 4 aromatic rings. The van der Waals surface area contributed by atoms with Crippen LogP contribution in [0.4, 0.5) is 45.5 Å². The van der Waals surface area contributed by atoms with Gasteiger partial charge >= 0.3 is 12.1 Å². The van der Waals surface area contributed by atoms with E-state index in [2.05, 4.69) is 25.6 Å². The fraction of sp³-hybridized carbons (Fsp3) is 0.387. The van der Waals surface area contributed by atoms with Crippen molar-refractivity contribution in [1.82, 2.24) is 19.5 Å². The molecule has 47 heavy (non-hydrogen) atoms. The number of fused-ring (bicyclic) bond motifs is 1. The molecule has 1 fully saturated rings. The minimum Gasteiger partial charge on any atom is -0.477 e. The summed E-state index contributed by atoms with van der Waals surface area (Å²) in [6, 6.07) is 4.83. The van der Waals surface area contributed by atoms with E-state index in [1.165, 1.54) is 17.0 Å². The molecule has 1 aliphatic heterocycles. The first-order valence-corrected chi connectivity index (χ1v) is 15.1. The maximum Gasteiger partial charge on any atom is 0.416 e. The number of nitrogens with one attached hydrogen (secondary N) is 2. The molecule has 0 bridgehead atoms. The van der Waals surface area contributed by atoms with Gasteiger partial charge in [-0.15, -0.1) is 0 Å². The van der Waals surface area contributed by atoms with Crippen molar-refractivity contribution in [1.29, 1.82) is 0 Å². The second kappa shape index (κ2) is 13.8. The lowest BCUT2D eigenvalue weighted by atomic mass is 10.1. The summed E-state index contributed by atoms with van der Waals surface area (Å²) >= 11 is 0. The summed E-state index contributed by atoms with van der Waals surface area (Å²) in [7, 11) is 0. The number of carboxylic acid groups (broad SMARTS) is 1. The number of nitrogens with zero attached hydrogens (tertiary/aromatic N) is 6. The lowest BCUT2D eigenvalue weighted by Gasteiger charge is -2.36. The molecular formula is C31H33F5N8O3. The molecule has 0 amide bonds. The van der Waals surface area contributed by atoms with Gasteiger partial charge in [0.2, 0.25) is 23.3 Å². The second-order valence-electron chi connectivity index (χ2n) is 11.0. The second-order valence-corrected chi connectivity index (χ2v) is 11.0. The van der Waals surface area contributed by atoms with E-state index in [0.29, 0.717) is 30.9 Å². The van der Waals surface area contributed by atoms with Gasteiger partial charge in [-0.3, -0.25) is 4.79 Å². The minimum atomic E-state index is -4.58. The van der Waals surface area contributed by atoms with Crippen LogP contribution in [0.2, 0.25) is 0 Å². The number of piperazine rings is 1. The number of carboxylic acids is 1. The van der Waals surface area contributed by atoms with Crippen LogP contribution in [-0.4, -0.2) is 69.9 Å². The normalized spacial score (nSPS) is 13.7. The van der Waals surface area contributed by atoms with Gasteiger partial charge in [-0.25, -0.2) is 13.6 Å². The Bertz CT molecular complexity index is 1800. The number of hydrogen-bond acceptors (Lipinski definition) is 9. The third-order valence-corrected chi connectivity index (χ3v) is 7.66. The molecule has 250 valence electrons. The van der Waals surface area contributed by atoms with Crippen LogP contribution in [-0.2, 0) is 12.7 Å². The Labute approximate surface area is 266 Å². The number of alkyl halides is 3. The fourth-order valence-corrected chi connectivity index (χ4v) is 5.31. The van der Waals surface area contributed by atoms with Gasteiger partial charge in [0.1, 0.15) is 17.1 Å². The van der Waals surface area contributed by atoms with Gasteiger partial charge in [0.25, 0.3) is 0 Å². The van der Waals surface area contributed by atoms with Crippen molar-refractivity contribution < 1.29 is 31.9 Å². The number of hydrogen-bond donors (Lipinski definition) is 3. The number of aromatic nitrogens is 4. The lowest BCUT2D eigenvalue weighted by Crippen LogP contribution is -2.48. The Hall–Kier alpha value is -5.02. The molecule has 1 saturated heterocycles. The predicted octanol–water partition coefficient (Wildman–Crippen LogP) is 5.20. The first kappa shape index (κ1) is 33.3. The molecule has 0 atom stereocenters. The van der Waals surface area contributed by atoms with Gasteiger partial charge in [0.15, 0.2) is 5.82 Å². The van der Waals surface area contributed by atoms with Crippen molar-refractivity contribution in [2.24, 2.45) is 0 Å². The van der Waals surface area contributed by atoms with Crippen molar-refractivity contribution in [2.45, 2.75) is 39.4 Å². The Morgan fingerprint density at radius 1 is 0.915 bits per heavy atom. The van der Waals surface area contributed by atoms with Gasteiger partial charge in [-0.2, -0.15) is 28.1 Å². The lowest BCUT2D eigenvalue weighted by molar-refractivity contribution is -0.137. The first-order valence-electron chi connectivity index (χ1n) is 15.1. The summed E-state index contributed by atoms with van der Waals surface area (Å²) < 4.78 is 72.3. The van der Waals surface area contributed by atoms with Gasteiger partial charge in [0, 0.05) is 52.0 Å². The van der Waals surface area contributed by atoms with Crippen molar-refractivity contribution in [3.63, 3.8) is 0 Å². The third-order valence-electron chi connectivity index (χ3n) is 7.66. The molecule has 2 aromatic carbocycles. The van der Waals surface area contributed by atoms with Crippen LogP contribution in [0.1, 0.15) is 48.2 Å². The molecule has 2 aromatic heterocycles. The number of benzene rings is 2. The molecule has 0 aliphatic carbocycles. The summed E-state index contributed by atoms with van der Waals surface area (Å²) in [4.78, 5) is 41.6. The highest BCUT2D eigenvalue weighted by Gasteiger charge is 2.31. The smallest absolute Gasteiger partial charge is 0.416 e. The van der Waals surface area contributed by atoms with E-state index in [0.717, 1.165) is 41.8 Å². The largest absolute Gasteiger partial charge is 0.477 e. The molecule has 0 radical (unpaired) electrons. The Morgan fingerprint density at radius 3 is 2.02 bits per heavy atom. The fourth-order valence-electron chi connectivity index (χ4n) is 5.31. The maximum absolute atomic E-state index is 16.4. The summed E-state index contributed by atoms with van der Waals surface area (Å²) in [5.74, 6) is -2.57. The van der Waals surface area contributed by atoms with Crippen LogP contribution < -0.4 is 25.9 Å². The minimum absolute atomic E-state index is 0.150. The average Bonchev–Trinajstić information content (AvgIpc) is 3.04. The molecule has 0 spiro atoms. The number of rotatable bonds is 11. The van der Waals surface area contributed by atoms with Crippen molar-refractivity contribution in [3.8, 4) is 0 Å². The number of aromatic carboxylic acids is 1. The summed E-state index contributed by atoms with van der Waals surface area (Å²) in [5, 5.41) is 15.4. The zero-order chi connectivity index (χ0) is 33.9. The Kier molecular flexibility index (Phi) is 9.77. The average molecular weight is 661 g/mol. The molecule has 0 saturated carbocycles. The molecule has 3 N–H and O–H groups in total. The topological polar surface area (TPSA) is 129 Å². The van der Waals surface area contributed by atoms with Crippen molar-refractivity contribution >= 4 is 40.4 Å². The third kappa shape index (κ3) is 7.20. The van der Waals surface area contributed by atoms with E-state index in [-0.39, 0.29) is 43.8 Å². The zero-order valence-electron chi connectivity index (χ0n) is 25.7. The van der Waals surface area contributed by atoms with E-state index >= 15 is 8.78 Å². The highest BCUT2D eigenvalue weighted by atomic mass is 19.4. The van der Waals surface area contributed by atoms with Gasteiger partial charge in [0.05, 0.1) is 16.5 Å². The molecular weight excluding hydrogens is 627 g/mol. The molecule has 5 rings (SSSR count). The number of pyridine rings is 1. The first-order chi connectivity index (χ1) is 22.4. The zero-order valence-corrected chi connectivity index (χ0v) is 25.7. The van der Waals surface area contributed by atoms with Crippen molar-refractivity contribution in [2.75, 3.05) is 59.7 Å². The molecule has 16 heteroatoms. The van der Waals surface area contributed by atoms with Gasteiger partial charge < -0.3 is 30.1 Å². The Morgan fingerprint density at radius 2 is 1.49 bits per heavy atom. The summed E-state index contributed by atoms with van der Waals surface area (Å²) in [6.45, 7) is 5.92. The van der Waals surface area contributed by atoms with Gasteiger partial charge in [-0.05, 0) is 36.6 Å². The highest BCUT2D eigenvalue weighted by Crippen LogP contribution is 2.33. The predicted molar refractivity (Wildman–Crippen MR) is 167 cm³/mol. The van der Waals surface area contributed by atoms with Gasteiger partial charge in [-0.1, -0.05) is 26.0 Å². The van der Waals surface area contributed by atoms with Crippen LogP contribution >= 0.6 is 0 Å². The van der Waals surface area contributed by atoms with Crippen LogP contribution in [0.25, 0.3) is 10.9 Å². The highest BCUT2D eigenvalue weighted by molar-refractivity contribution is 5.94.